The number of hydrogen-bond donors (Lipinski definition) is 3. The number of carbonyl (C=O) groups is 1. The van der Waals surface area contributed by atoms with Gasteiger partial charge in [-0.2, -0.15) is 0 Å². The number of amides is 1. The summed E-state index contributed by atoms with van der Waals surface area (Å²) in [6.07, 6.45) is 36.8. The van der Waals surface area contributed by atoms with E-state index in [1.807, 2.05) is 6.08 Å². The standard InChI is InChI=1S/C34H65NO3/c1-3-5-7-9-11-13-15-17-18-20-22-24-26-28-30-34(38)35-32(31-36)33(37)29-27-25-23-21-19-16-14-12-10-8-6-4-2/h19,21,27,29,32-33,36-37H,3-18,20,22-26,28,30-31H2,1-2H3,(H,35,38). The van der Waals surface area contributed by atoms with Gasteiger partial charge in [0.25, 0.3) is 0 Å². The van der Waals surface area contributed by atoms with Crippen LogP contribution in [0.4, 0.5) is 0 Å². The summed E-state index contributed by atoms with van der Waals surface area (Å²) in [6.45, 7) is 4.26. The molecule has 0 aliphatic rings. The molecule has 4 heteroatoms. The fourth-order valence-electron chi connectivity index (χ4n) is 4.84. The summed E-state index contributed by atoms with van der Waals surface area (Å²) in [6, 6.07) is -0.631. The van der Waals surface area contributed by atoms with Gasteiger partial charge >= 0.3 is 0 Å². The summed E-state index contributed by atoms with van der Waals surface area (Å²) in [5.74, 6) is -0.0759. The molecule has 0 radical (unpaired) electrons. The van der Waals surface area contributed by atoms with Gasteiger partial charge in [-0.15, -0.1) is 0 Å². The summed E-state index contributed by atoms with van der Waals surface area (Å²) in [5, 5.41) is 22.7. The van der Waals surface area contributed by atoms with Gasteiger partial charge in [-0.25, -0.2) is 0 Å². The lowest BCUT2D eigenvalue weighted by Gasteiger charge is -2.19. The highest BCUT2D eigenvalue weighted by atomic mass is 16.3. The number of carbonyl (C=O) groups excluding carboxylic acids is 1. The predicted molar refractivity (Wildman–Crippen MR) is 165 cm³/mol. The molecule has 0 bridgehead atoms. The lowest BCUT2D eigenvalue weighted by atomic mass is 10.0. The second kappa shape index (κ2) is 30.4. The molecule has 0 saturated heterocycles. The van der Waals surface area contributed by atoms with E-state index in [9.17, 15) is 15.0 Å². The zero-order valence-electron chi connectivity index (χ0n) is 25.4. The molecule has 0 heterocycles. The minimum atomic E-state index is -0.854. The zero-order valence-corrected chi connectivity index (χ0v) is 25.4. The van der Waals surface area contributed by atoms with Crippen LogP contribution in [0.15, 0.2) is 24.3 Å². The topological polar surface area (TPSA) is 69.6 Å². The van der Waals surface area contributed by atoms with E-state index in [-0.39, 0.29) is 12.5 Å². The first kappa shape index (κ1) is 36.9. The van der Waals surface area contributed by atoms with Gasteiger partial charge in [0.2, 0.25) is 5.91 Å². The van der Waals surface area contributed by atoms with Gasteiger partial charge in [-0.05, 0) is 32.1 Å². The molecule has 0 saturated carbocycles. The molecule has 0 spiro atoms. The Hall–Kier alpha value is -1.13. The van der Waals surface area contributed by atoms with Crippen molar-refractivity contribution in [2.75, 3.05) is 6.61 Å². The van der Waals surface area contributed by atoms with Crippen LogP contribution in [0.5, 0.6) is 0 Å². The third-order valence-electron chi connectivity index (χ3n) is 7.44. The van der Waals surface area contributed by atoms with E-state index >= 15 is 0 Å². The fourth-order valence-corrected chi connectivity index (χ4v) is 4.84. The van der Waals surface area contributed by atoms with Gasteiger partial charge in [-0.3, -0.25) is 4.79 Å². The summed E-state index contributed by atoms with van der Waals surface area (Å²) in [5.41, 5.74) is 0. The molecule has 38 heavy (non-hydrogen) atoms. The predicted octanol–water partition coefficient (Wildman–Crippen LogP) is 9.34. The minimum Gasteiger partial charge on any atom is -0.394 e. The number of aliphatic hydroxyl groups excluding tert-OH is 2. The number of allylic oxidation sites excluding steroid dienone is 3. The van der Waals surface area contributed by atoms with E-state index in [4.69, 9.17) is 0 Å². The molecule has 2 unspecified atom stereocenters. The van der Waals surface area contributed by atoms with Crippen LogP contribution in [-0.2, 0) is 4.79 Å². The van der Waals surface area contributed by atoms with Crippen LogP contribution in [0, 0.1) is 0 Å². The van der Waals surface area contributed by atoms with Crippen LogP contribution in [0.3, 0.4) is 0 Å². The molecule has 0 aliphatic heterocycles. The third kappa shape index (κ3) is 26.5. The summed E-state index contributed by atoms with van der Waals surface area (Å²) in [7, 11) is 0. The quantitative estimate of drug-likeness (QED) is 0.0660. The molecule has 1 amide bonds. The Morgan fingerprint density at radius 3 is 1.53 bits per heavy atom. The van der Waals surface area contributed by atoms with Crippen LogP contribution in [0.2, 0.25) is 0 Å². The fraction of sp³-hybridized carbons (Fsp3) is 0.853. The van der Waals surface area contributed by atoms with Gasteiger partial charge in [0.15, 0.2) is 0 Å². The Morgan fingerprint density at radius 2 is 1.03 bits per heavy atom. The van der Waals surface area contributed by atoms with Crippen molar-refractivity contribution in [1.82, 2.24) is 5.32 Å². The van der Waals surface area contributed by atoms with Crippen molar-refractivity contribution >= 4 is 5.91 Å². The summed E-state index contributed by atoms with van der Waals surface area (Å²) >= 11 is 0. The van der Waals surface area contributed by atoms with Crippen molar-refractivity contribution in [3.63, 3.8) is 0 Å². The molecule has 0 aromatic rings. The van der Waals surface area contributed by atoms with Crippen molar-refractivity contribution in [2.24, 2.45) is 0 Å². The molecule has 0 aliphatic carbocycles. The van der Waals surface area contributed by atoms with Crippen molar-refractivity contribution in [3.8, 4) is 0 Å². The SMILES string of the molecule is CCCCCCCCC=CCCC=CC(O)C(CO)NC(=O)CCCCCCCCCCCCCCCC. The molecule has 4 nitrogen and oxygen atoms in total. The first-order chi connectivity index (χ1) is 18.7. The molecular weight excluding hydrogens is 470 g/mol. The first-order valence-electron chi connectivity index (χ1n) is 16.6. The van der Waals surface area contributed by atoms with Gasteiger partial charge in [-0.1, -0.05) is 154 Å². The number of rotatable bonds is 29. The van der Waals surface area contributed by atoms with Crippen LogP contribution in [0.25, 0.3) is 0 Å². The zero-order chi connectivity index (χ0) is 27.9. The highest BCUT2D eigenvalue weighted by Crippen LogP contribution is 2.13. The number of aliphatic hydroxyl groups is 2. The third-order valence-corrected chi connectivity index (χ3v) is 7.44. The van der Waals surface area contributed by atoms with E-state index in [0.717, 1.165) is 32.1 Å². The maximum atomic E-state index is 12.2. The molecule has 224 valence electrons. The van der Waals surface area contributed by atoms with Gasteiger partial charge in [0.05, 0.1) is 18.8 Å². The minimum absolute atomic E-state index is 0.0759. The Labute approximate surface area is 237 Å². The van der Waals surface area contributed by atoms with Crippen LogP contribution >= 0.6 is 0 Å². The molecule has 0 fully saturated rings. The van der Waals surface area contributed by atoms with Crippen LogP contribution in [-0.4, -0.2) is 34.9 Å². The lowest BCUT2D eigenvalue weighted by Crippen LogP contribution is -2.45. The lowest BCUT2D eigenvalue weighted by molar-refractivity contribution is -0.123. The van der Waals surface area contributed by atoms with E-state index < -0.39 is 12.1 Å². The molecule has 0 aromatic carbocycles. The second-order valence-corrected chi connectivity index (χ2v) is 11.2. The monoisotopic (exact) mass is 535 g/mol. The largest absolute Gasteiger partial charge is 0.394 e. The number of hydrogen-bond acceptors (Lipinski definition) is 3. The van der Waals surface area contributed by atoms with E-state index in [0.29, 0.717) is 6.42 Å². The molecular formula is C34H65NO3. The maximum Gasteiger partial charge on any atom is 0.220 e. The number of nitrogens with one attached hydrogen (secondary N) is 1. The maximum absolute atomic E-state index is 12.2. The van der Waals surface area contributed by atoms with Crippen molar-refractivity contribution < 1.29 is 15.0 Å². The molecule has 3 N–H and O–H groups in total. The molecule has 0 rings (SSSR count). The van der Waals surface area contributed by atoms with Gasteiger partial charge in [0, 0.05) is 6.42 Å². The normalized spacial score (nSPS) is 13.5. The Kier molecular flexibility index (Phi) is 29.5. The van der Waals surface area contributed by atoms with E-state index in [1.54, 1.807) is 6.08 Å². The van der Waals surface area contributed by atoms with Crippen LogP contribution < -0.4 is 5.32 Å². The highest BCUT2D eigenvalue weighted by molar-refractivity contribution is 5.76. The average molecular weight is 536 g/mol. The Bertz CT molecular complexity index is 546. The first-order valence-corrected chi connectivity index (χ1v) is 16.6. The van der Waals surface area contributed by atoms with Crippen molar-refractivity contribution in [1.29, 1.82) is 0 Å². The average Bonchev–Trinajstić information content (AvgIpc) is 2.92. The van der Waals surface area contributed by atoms with E-state index in [1.165, 1.54) is 116 Å². The summed E-state index contributed by atoms with van der Waals surface area (Å²) < 4.78 is 0. The Morgan fingerprint density at radius 1 is 0.605 bits per heavy atom. The smallest absolute Gasteiger partial charge is 0.220 e. The van der Waals surface area contributed by atoms with Crippen LogP contribution in [0.1, 0.15) is 168 Å². The van der Waals surface area contributed by atoms with E-state index in [2.05, 4.69) is 31.3 Å². The van der Waals surface area contributed by atoms with Crippen molar-refractivity contribution in [2.45, 2.75) is 180 Å². The highest BCUT2D eigenvalue weighted by Gasteiger charge is 2.17. The van der Waals surface area contributed by atoms with Crippen molar-refractivity contribution in [3.05, 3.63) is 24.3 Å². The van der Waals surface area contributed by atoms with Gasteiger partial charge < -0.3 is 15.5 Å². The summed E-state index contributed by atoms with van der Waals surface area (Å²) in [4.78, 5) is 12.2. The molecule has 0 aromatic heterocycles. The number of unbranched alkanes of at least 4 members (excludes halogenated alkanes) is 20. The molecule has 2 atom stereocenters. The second-order valence-electron chi connectivity index (χ2n) is 11.2. The van der Waals surface area contributed by atoms with Gasteiger partial charge in [0.1, 0.15) is 0 Å². The Balaban J connectivity index is 3.68.